The van der Waals surface area contributed by atoms with Crippen LogP contribution in [0.1, 0.15) is 124 Å². The van der Waals surface area contributed by atoms with Crippen molar-refractivity contribution in [1.82, 2.24) is 0 Å². The summed E-state index contributed by atoms with van der Waals surface area (Å²) >= 11 is 0. The zero-order valence-corrected chi connectivity index (χ0v) is 22.5. The van der Waals surface area contributed by atoms with Gasteiger partial charge in [-0.05, 0) is 112 Å². The van der Waals surface area contributed by atoms with Crippen LogP contribution < -0.4 is 0 Å². The average Bonchev–Trinajstić information content (AvgIpc) is 2.84. The minimum atomic E-state index is -1.36. The van der Waals surface area contributed by atoms with Crippen LogP contribution in [0.3, 0.4) is 0 Å². The Labute approximate surface area is 209 Å². The van der Waals surface area contributed by atoms with E-state index in [2.05, 4.69) is 20.8 Å². The summed E-state index contributed by atoms with van der Waals surface area (Å²) in [5, 5.41) is 0. The first-order valence-corrected chi connectivity index (χ1v) is 14.8. The molecule has 0 spiro atoms. The van der Waals surface area contributed by atoms with Gasteiger partial charge in [0.2, 0.25) is 0 Å². The smallest absolute Gasteiger partial charge is 0.151 e. The number of rotatable bonds is 12. The lowest BCUT2D eigenvalue weighted by molar-refractivity contribution is -0.0284. The Morgan fingerprint density at radius 1 is 0.853 bits per heavy atom. The van der Waals surface area contributed by atoms with Gasteiger partial charge >= 0.3 is 0 Å². The van der Waals surface area contributed by atoms with E-state index >= 15 is 0 Å². The van der Waals surface area contributed by atoms with Crippen LogP contribution in [0.5, 0.6) is 0 Å². The van der Waals surface area contributed by atoms with Gasteiger partial charge in [-0.3, -0.25) is 0 Å². The lowest BCUT2D eigenvalue weighted by Crippen LogP contribution is -2.32. The second kappa shape index (κ2) is 14.1. The number of hydrogen-bond acceptors (Lipinski definition) is 1. The van der Waals surface area contributed by atoms with Crippen LogP contribution in [0.4, 0.5) is 8.78 Å². The Kier molecular flexibility index (Phi) is 11.6. The van der Waals surface area contributed by atoms with Crippen LogP contribution >= 0.6 is 0 Å². The summed E-state index contributed by atoms with van der Waals surface area (Å²) in [5.41, 5.74) is 0.885. The van der Waals surface area contributed by atoms with Crippen LogP contribution in [0.2, 0.25) is 0 Å². The van der Waals surface area contributed by atoms with E-state index < -0.39 is 18.1 Å². The van der Waals surface area contributed by atoms with E-state index in [-0.39, 0.29) is 6.10 Å². The molecule has 0 aromatic carbocycles. The molecule has 2 saturated carbocycles. The molecule has 34 heavy (non-hydrogen) atoms. The fraction of sp³-hybridized carbons (Fsp3) is 0.871. The molecular formula is C31H52F2O. The average molecular weight is 479 g/mol. The van der Waals surface area contributed by atoms with Crippen molar-refractivity contribution < 1.29 is 13.5 Å². The molecular weight excluding hydrogens is 426 g/mol. The highest BCUT2D eigenvalue weighted by molar-refractivity contribution is 5.33. The summed E-state index contributed by atoms with van der Waals surface area (Å²) in [6.07, 6.45) is 19.2. The fourth-order valence-corrected chi connectivity index (χ4v) is 7.08. The van der Waals surface area contributed by atoms with Gasteiger partial charge in [0.1, 0.15) is 11.9 Å². The van der Waals surface area contributed by atoms with E-state index in [9.17, 15) is 8.78 Å². The van der Waals surface area contributed by atoms with Gasteiger partial charge in [-0.15, -0.1) is 0 Å². The van der Waals surface area contributed by atoms with Crippen molar-refractivity contribution in [1.29, 1.82) is 0 Å². The molecule has 4 atom stereocenters. The van der Waals surface area contributed by atoms with Crippen molar-refractivity contribution in [3.8, 4) is 0 Å². The van der Waals surface area contributed by atoms with E-state index in [0.717, 1.165) is 54.9 Å². The molecule has 0 heterocycles. The first-order chi connectivity index (χ1) is 16.4. The second-order valence-electron chi connectivity index (χ2n) is 11.9. The number of alkyl halides is 1. The van der Waals surface area contributed by atoms with Gasteiger partial charge < -0.3 is 4.74 Å². The molecule has 0 aromatic rings. The Bertz CT molecular complexity index is 640. The zero-order chi connectivity index (χ0) is 24.5. The maximum Gasteiger partial charge on any atom is 0.151 e. The quantitative estimate of drug-likeness (QED) is 0.254. The predicted molar refractivity (Wildman–Crippen MR) is 140 cm³/mol. The van der Waals surface area contributed by atoms with Crippen LogP contribution in [0, 0.1) is 29.6 Å². The first kappa shape index (κ1) is 27.9. The molecule has 4 unspecified atom stereocenters. The Morgan fingerprint density at radius 2 is 1.50 bits per heavy atom. The van der Waals surface area contributed by atoms with Crippen LogP contribution in [-0.4, -0.2) is 18.4 Å². The molecule has 0 amide bonds. The Balaban J connectivity index is 1.43. The Hall–Kier alpha value is -0.700. The number of ether oxygens (including phenoxy) is 1. The normalized spacial score (nSPS) is 34.3. The van der Waals surface area contributed by atoms with Crippen LogP contribution in [0.15, 0.2) is 23.6 Å². The zero-order valence-electron chi connectivity index (χ0n) is 22.5. The number of halogens is 2. The molecule has 1 nitrogen and oxygen atoms in total. The third kappa shape index (κ3) is 7.90. The van der Waals surface area contributed by atoms with Crippen molar-refractivity contribution in [2.75, 3.05) is 0 Å². The summed E-state index contributed by atoms with van der Waals surface area (Å²) < 4.78 is 35.6. The van der Waals surface area contributed by atoms with Crippen molar-refractivity contribution in [2.45, 2.75) is 142 Å². The summed E-state index contributed by atoms with van der Waals surface area (Å²) in [5.74, 6) is 3.42. The monoisotopic (exact) mass is 478 g/mol. The van der Waals surface area contributed by atoms with Crippen molar-refractivity contribution in [2.24, 2.45) is 29.6 Å². The molecule has 0 aromatic heterocycles. The van der Waals surface area contributed by atoms with Gasteiger partial charge in [0.25, 0.3) is 0 Å². The third-order valence-corrected chi connectivity index (χ3v) is 9.34. The molecule has 0 saturated heterocycles. The number of unbranched alkanes of at least 4 members (excludes halogenated alkanes) is 3. The largest absolute Gasteiger partial charge is 0.365 e. The number of hydrogen-bond donors (Lipinski definition) is 0. The highest BCUT2D eigenvalue weighted by Crippen LogP contribution is 2.45. The summed E-state index contributed by atoms with van der Waals surface area (Å²) in [7, 11) is 0. The standard InChI is InChI=1S/C31H52F2O/c1-5-7-8-9-11-23(4)34-31-29(32)20-28(21-30(31)33)27-18-16-26(17-19-27)25-14-12-24(13-15-25)22(3)10-6-2/h20-27,29,31H,5-19H2,1-4H3. The van der Waals surface area contributed by atoms with Crippen molar-refractivity contribution in [3.05, 3.63) is 23.6 Å². The topological polar surface area (TPSA) is 9.23 Å². The van der Waals surface area contributed by atoms with E-state index in [1.807, 2.05) is 6.92 Å². The molecule has 0 aliphatic heterocycles. The van der Waals surface area contributed by atoms with E-state index in [1.54, 1.807) is 12.2 Å². The van der Waals surface area contributed by atoms with Gasteiger partial charge in [-0.25, -0.2) is 8.78 Å². The van der Waals surface area contributed by atoms with Gasteiger partial charge in [0, 0.05) is 0 Å². The van der Waals surface area contributed by atoms with Gasteiger partial charge in [-0.1, -0.05) is 59.3 Å². The van der Waals surface area contributed by atoms with Crippen molar-refractivity contribution >= 4 is 0 Å². The molecule has 0 bridgehead atoms. The SMILES string of the molecule is CCCCCCC(C)OC1C(F)=CC(C2CCC(C3CCC(C(C)CCC)CC3)CC2)=CC1F. The molecule has 3 heteroatoms. The highest BCUT2D eigenvalue weighted by Gasteiger charge is 2.36. The van der Waals surface area contributed by atoms with Gasteiger partial charge in [0.15, 0.2) is 6.17 Å². The maximum absolute atomic E-state index is 14.9. The second-order valence-corrected chi connectivity index (χ2v) is 11.9. The molecule has 2 fully saturated rings. The summed E-state index contributed by atoms with van der Waals surface area (Å²) in [4.78, 5) is 0. The maximum atomic E-state index is 14.9. The predicted octanol–water partition coefficient (Wildman–Crippen LogP) is 9.91. The number of allylic oxidation sites excluding steroid dienone is 2. The molecule has 0 radical (unpaired) electrons. The lowest BCUT2D eigenvalue weighted by Gasteiger charge is -2.40. The van der Waals surface area contributed by atoms with E-state index in [4.69, 9.17) is 4.74 Å². The van der Waals surface area contributed by atoms with Gasteiger partial charge in [-0.2, -0.15) is 0 Å². The van der Waals surface area contributed by atoms with Crippen LogP contribution in [0.25, 0.3) is 0 Å². The molecule has 3 aliphatic carbocycles. The minimum absolute atomic E-state index is 0.107. The minimum Gasteiger partial charge on any atom is -0.365 e. The van der Waals surface area contributed by atoms with E-state index in [0.29, 0.717) is 5.92 Å². The summed E-state index contributed by atoms with van der Waals surface area (Å²) in [6, 6.07) is 0. The molecule has 196 valence electrons. The Morgan fingerprint density at radius 3 is 2.09 bits per heavy atom. The van der Waals surface area contributed by atoms with Crippen LogP contribution in [-0.2, 0) is 4.74 Å². The third-order valence-electron chi connectivity index (χ3n) is 9.34. The first-order valence-electron chi connectivity index (χ1n) is 14.8. The molecule has 3 rings (SSSR count). The van der Waals surface area contributed by atoms with Crippen molar-refractivity contribution in [3.63, 3.8) is 0 Å². The molecule has 0 N–H and O–H groups in total. The molecule has 3 aliphatic rings. The highest BCUT2D eigenvalue weighted by atomic mass is 19.1. The van der Waals surface area contributed by atoms with E-state index in [1.165, 1.54) is 70.6 Å². The van der Waals surface area contributed by atoms with Gasteiger partial charge in [0.05, 0.1) is 6.10 Å². The summed E-state index contributed by atoms with van der Waals surface area (Å²) in [6.45, 7) is 8.89. The lowest BCUT2D eigenvalue weighted by atomic mass is 9.66. The fourth-order valence-electron chi connectivity index (χ4n) is 7.08.